The number of hydrogen-bond acceptors (Lipinski definition) is 9. The fourth-order valence-corrected chi connectivity index (χ4v) is 5.81. The molecule has 2 fully saturated rings. The predicted octanol–water partition coefficient (Wildman–Crippen LogP) is 0.497. The highest BCUT2D eigenvalue weighted by Crippen LogP contribution is 2.49. The minimum absolute atomic E-state index is 0.128. The van der Waals surface area contributed by atoms with Gasteiger partial charge in [-0.2, -0.15) is 0 Å². The highest BCUT2D eigenvalue weighted by molar-refractivity contribution is 5.96. The molecule has 0 spiro atoms. The minimum Gasteiger partial charge on any atom is -0.471 e. The normalized spacial score (nSPS) is 37.6. The number of hydrogen-bond donors (Lipinski definition) is 4. The molecule has 2 saturated heterocycles. The number of para-hydroxylation sites is 1. The zero-order valence-electron chi connectivity index (χ0n) is 19.4. The molecule has 4 aliphatic rings. The summed E-state index contributed by atoms with van der Waals surface area (Å²) >= 11 is 0. The maximum Gasteiger partial charge on any atom is 0.254 e. The first-order valence-electron chi connectivity index (χ1n) is 12.0. The summed E-state index contributed by atoms with van der Waals surface area (Å²) in [6.07, 6.45) is -4.43. The zero-order valence-corrected chi connectivity index (χ0v) is 19.4. The molecule has 0 saturated carbocycles. The third-order valence-corrected chi connectivity index (χ3v) is 7.75. The fraction of sp³-hybridized carbons (Fsp3) is 0.462. The van der Waals surface area contributed by atoms with Gasteiger partial charge >= 0.3 is 0 Å². The van der Waals surface area contributed by atoms with Crippen LogP contribution in [0.4, 0.5) is 0 Å². The van der Waals surface area contributed by atoms with Crippen LogP contribution >= 0.6 is 0 Å². The van der Waals surface area contributed by atoms with E-state index in [9.17, 15) is 25.2 Å². The van der Waals surface area contributed by atoms with Crippen molar-refractivity contribution in [2.24, 2.45) is 11.8 Å². The molecule has 10 heteroatoms. The third-order valence-electron chi connectivity index (χ3n) is 7.75. The number of fused-ring (bicyclic) bond motifs is 5. The molecular formula is C26H28N2O8. The van der Waals surface area contributed by atoms with Gasteiger partial charge in [-0.1, -0.05) is 24.3 Å². The molecule has 0 bridgehead atoms. The molecule has 1 aromatic carbocycles. The van der Waals surface area contributed by atoms with Crippen molar-refractivity contribution < 1.29 is 39.4 Å². The summed E-state index contributed by atoms with van der Waals surface area (Å²) in [7, 11) is 0. The van der Waals surface area contributed by atoms with Crippen molar-refractivity contribution in [1.29, 1.82) is 0 Å². The zero-order chi connectivity index (χ0) is 25.1. The lowest BCUT2D eigenvalue weighted by Crippen LogP contribution is -2.60. The van der Waals surface area contributed by atoms with Crippen LogP contribution in [0.2, 0.25) is 0 Å². The Hall–Kier alpha value is -2.86. The lowest BCUT2D eigenvalue weighted by Gasteiger charge is -2.45. The summed E-state index contributed by atoms with van der Waals surface area (Å²) < 4.78 is 17.2. The number of carbonyl (C=O) groups is 1. The highest BCUT2D eigenvalue weighted by Gasteiger charge is 2.51. The Morgan fingerprint density at radius 1 is 1.17 bits per heavy atom. The molecule has 4 aliphatic heterocycles. The number of carbonyl (C=O) groups excluding carboxylic acids is 1. The average Bonchev–Trinajstić information content (AvgIpc) is 3.25. The molecule has 5 heterocycles. The van der Waals surface area contributed by atoms with Gasteiger partial charge in [-0.05, 0) is 24.1 Å². The first-order chi connectivity index (χ1) is 17.4. The van der Waals surface area contributed by atoms with Crippen molar-refractivity contribution in [3.8, 4) is 0 Å². The van der Waals surface area contributed by atoms with Crippen molar-refractivity contribution in [2.45, 2.75) is 56.0 Å². The second-order valence-electron chi connectivity index (χ2n) is 9.74. The summed E-state index contributed by atoms with van der Waals surface area (Å²) in [6, 6.07) is 9.76. The van der Waals surface area contributed by atoms with E-state index in [-0.39, 0.29) is 17.9 Å². The molecule has 2 aromatic rings. The molecule has 10 nitrogen and oxygen atoms in total. The van der Waals surface area contributed by atoms with Crippen LogP contribution in [0.1, 0.15) is 23.7 Å². The van der Waals surface area contributed by atoms with Gasteiger partial charge in [0.1, 0.15) is 24.4 Å². The summed E-state index contributed by atoms with van der Waals surface area (Å²) in [5.74, 6) is -0.872. The van der Waals surface area contributed by atoms with Crippen molar-refractivity contribution in [2.75, 3.05) is 6.61 Å². The number of rotatable bonds is 4. The largest absolute Gasteiger partial charge is 0.471 e. The molecule has 190 valence electrons. The minimum atomic E-state index is -1.57. The number of nitrogens with zero attached hydrogens (tertiary/aromatic N) is 2. The maximum absolute atomic E-state index is 13.5. The Kier molecular flexibility index (Phi) is 5.83. The van der Waals surface area contributed by atoms with Crippen LogP contribution in [0.25, 0.3) is 10.9 Å². The van der Waals surface area contributed by atoms with Crippen LogP contribution in [-0.4, -0.2) is 79.8 Å². The quantitative estimate of drug-likeness (QED) is 0.445. The van der Waals surface area contributed by atoms with Gasteiger partial charge in [-0.15, -0.1) is 6.58 Å². The van der Waals surface area contributed by atoms with Gasteiger partial charge < -0.3 is 39.5 Å². The van der Waals surface area contributed by atoms with Gasteiger partial charge in [0.2, 0.25) is 6.29 Å². The number of aliphatic hydroxyl groups is 4. The van der Waals surface area contributed by atoms with Gasteiger partial charge in [0.05, 0.1) is 35.7 Å². The van der Waals surface area contributed by atoms with Crippen LogP contribution in [0, 0.1) is 11.8 Å². The second-order valence-corrected chi connectivity index (χ2v) is 9.74. The maximum atomic E-state index is 13.5. The highest BCUT2D eigenvalue weighted by atomic mass is 16.8. The standard InChI is InChI=1S/C26H28N2O8/c1-2-14-15-8-18-20-13(7-12-5-3-4-6-17(12)27-20)9-28(18)24(33)16(15)11-34-25(14)36-26-23(32)22(31)21(30)19(10-29)35-26/h2-7,11,14-15,18-19,21-23,25-26,29-32H,1,8-10H2/t14-,15+,18+,19?,21?,22?,23?,25+,26?/m1/s1. The van der Waals surface area contributed by atoms with Crippen LogP contribution < -0.4 is 0 Å². The molecule has 1 aromatic heterocycles. The number of aliphatic hydroxyl groups excluding tert-OH is 4. The van der Waals surface area contributed by atoms with Crippen molar-refractivity contribution in [3.05, 3.63) is 66.1 Å². The monoisotopic (exact) mass is 496 g/mol. The van der Waals surface area contributed by atoms with E-state index >= 15 is 0 Å². The molecule has 36 heavy (non-hydrogen) atoms. The topological polar surface area (TPSA) is 142 Å². The molecule has 0 radical (unpaired) electrons. The lowest BCUT2D eigenvalue weighted by atomic mass is 9.76. The van der Waals surface area contributed by atoms with Gasteiger partial charge in [0.25, 0.3) is 5.91 Å². The first kappa shape index (κ1) is 23.5. The van der Waals surface area contributed by atoms with E-state index in [0.29, 0.717) is 18.5 Å². The van der Waals surface area contributed by atoms with Crippen molar-refractivity contribution in [1.82, 2.24) is 9.88 Å². The molecular weight excluding hydrogens is 468 g/mol. The number of aromatic nitrogens is 1. The predicted molar refractivity (Wildman–Crippen MR) is 125 cm³/mol. The van der Waals surface area contributed by atoms with Gasteiger partial charge in [-0.25, -0.2) is 0 Å². The number of amides is 1. The SMILES string of the molecule is C=C[C@H]1[C@H](OC2OC(CO)C(O)C(O)C2O)OC=C2C(=O)N3Cc4cc5ccccc5nc4[C@@H]3C[C@H]21. The summed E-state index contributed by atoms with van der Waals surface area (Å²) in [5, 5.41) is 41.0. The van der Waals surface area contributed by atoms with Gasteiger partial charge in [-0.3, -0.25) is 9.78 Å². The molecule has 9 atom stereocenters. The van der Waals surface area contributed by atoms with E-state index in [1.54, 1.807) is 6.08 Å². The van der Waals surface area contributed by atoms with E-state index in [0.717, 1.165) is 22.2 Å². The summed E-state index contributed by atoms with van der Waals surface area (Å²) in [4.78, 5) is 20.2. The Morgan fingerprint density at radius 2 is 1.97 bits per heavy atom. The summed E-state index contributed by atoms with van der Waals surface area (Å²) in [6.45, 7) is 3.84. The lowest BCUT2D eigenvalue weighted by molar-refractivity contribution is -0.339. The number of piperidine rings is 1. The smallest absolute Gasteiger partial charge is 0.254 e. The average molecular weight is 497 g/mol. The molecule has 1 amide bonds. The van der Waals surface area contributed by atoms with E-state index in [1.807, 2.05) is 29.2 Å². The second kappa shape index (κ2) is 8.91. The Bertz CT molecular complexity index is 1230. The van der Waals surface area contributed by atoms with Crippen molar-refractivity contribution in [3.63, 3.8) is 0 Å². The molecule has 0 aliphatic carbocycles. The number of ether oxygens (including phenoxy) is 3. The molecule has 4 N–H and O–H groups in total. The molecule has 5 unspecified atom stereocenters. The van der Waals surface area contributed by atoms with Gasteiger partial charge in [0, 0.05) is 23.8 Å². The molecule has 6 rings (SSSR count). The first-order valence-corrected chi connectivity index (χ1v) is 12.0. The van der Waals surface area contributed by atoms with Crippen LogP contribution in [0.3, 0.4) is 0 Å². The Balaban J connectivity index is 1.27. The van der Waals surface area contributed by atoms with E-state index in [4.69, 9.17) is 19.2 Å². The van der Waals surface area contributed by atoms with Crippen LogP contribution in [-0.2, 0) is 25.5 Å². The number of pyridine rings is 1. The Morgan fingerprint density at radius 3 is 2.75 bits per heavy atom. The fourth-order valence-electron chi connectivity index (χ4n) is 5.81. The van der Waals surface area contributed by atoms with E-state index in [1.165, 1.54) is 6.26 Å². The van der Waals surface area contributed by atoms with E-state index in [2.05, 4.69) is 12.6 Å². The van der Waals surface area contributed by atoms with Crippen LogP contribution in [0.5, 0.6) is 0 Å². The number of benzene rings is 1. The van der Waals surface area contributed by atoms with Crippen molar-refractivity contribution >= 4 is 16.8 Å². The van der Waals surface area contributed by atoms with E-state index < -0.39 is 49.5 Å². The summed E-state index contributed by atoms with van der Waals surface area (Å²) in [5.41, 5.74) is 3.31. The van der Waals surface area contributed by atoms with Crippen LogP contribution in [0.15, 0.2) is 54.8 Å². The van der Waals surface area contributed by atoms with Gasteiger partial charge in [0.15, 0.2) is 6.29 Å². The Labute approximate surface area is 207 Å². The third kappa shape index (κ3) is 3.56.